The Balaban J connectivity index is 2.31. The Morgan fingerprint density at radius 1 is 0.920 bits per heavy atom. The first-order chi connectivity index (χ1) is 11.6. The summed E-state index contributed by atoms with van der Waals surface area (Å²) in [4.78, 5) is 16.4. The number of fused-ring (bicyclic) bond motifs is 1. The van der Waals surface area contributed by atoms with E-state index in [9.17, 15) is 18.0 Å². The highest BCUT2D eigenvalue weighted by Gasteiger charge is 2.37. The summed E-state index contributed by atoms with van der Waals surface area (Å²) in [7, 11) is 0. The summed E-state index contributed by atoms with van der Waals surface area (Å²) in [6.45, 7) is 6.02. The predicted octanol–water partition coefficient (Wildman–Crippen LogP) is 4.70. The van der Waals surface area contributed by atoms with E-state index in [1.807, 2.05) is 20.8 Å². The number of nitrogens with zero attached hydrogens (tertiary/aromatic N) is 2. The Morgan fingerprint density at radius 3 is 2.08 bits per heavy atom. The van der Waals surface area contributed by atoms with Gasteiger partial charge in [-0.2, -0.15) is 13.2 Å². The Labute approximate surface area is 142 Å². The van der Waals surface area contributed by atoms with Gasteiger partial charge in [0.1, 0.15) is 0 Å². The lowest BCUT2D eigenvalue weighted by Gasteiger charge is -2.20. The third-order valence-electron chi connectivity index (χ3n) is 4.02. The zero-order valence-corrected chi connectivity index (χ0v) is 14.1. The molecule has 0 N–H and O–H groups in total. The lowest BCUT2D eigenvalue weighted by atomic mass is 9.87. The highest BCUT2D eigenvalue weighted by atomic mass is 19.4. The topological polar surface area (TPSA) is 34.9 Å². The minimum Gasteiger partial charge on any atom is -0.268 e. The molecule has 2 aromatic carbocycles. The number of rotatable bonds is 1. The van der Waals surface area contributed by atoms with Crippen LogP contribution in [0.1, 0.15) is 32.2 Å². The molecule has 0 aliphatic rings. The SMILES string of the molecule is CC(C)(C)c1ccc(-n2c(C(F)(F)F)nc3ccccc3c2=O)cc1. The highest BCUT2D eigenvalue weighted by molar-refractivity contribution is 5.77. The van der Waals surface area contributed by atoms with Gasteiger partial charge in [-0.15, -0.1) is 0 Å². The summed E-state index contributed by atoms with van der Waals surface area (Å²) in [5, 5.41) is 0.149. The second kappa shape index (κ2) is 5.72. The largest absolute Gasteiger partial charge is 0.450 e. The molecule has 3 rings (SSSR count). The zero-order valence-electron chi connectivity index (χ0n) is 14.1. The normalized spacial score (nSPS) is 12.6. The van der Waals surface area contributed by atoms with Crippen LogP contribution in [-0.4, -0.2) is 9.55 Å². The molecule has 0 radical (unpaired) electrons. The molecule has 0 amide bonds. The van der Waals surface area contributed by atoms with E-state index in [2.05, 4.69) is 4.98 Å². The molecule has 0 aliphatic heterocycles. The number of benzene rings is 2. The number of alkyl halides is 3. The van der Waals surface area contributed by atoms with E-state index in [1.165, 1.54) is 24.3 Å². The average molecular weight is 346 g/mol. The minimum atomic E-state index is -4.74. The first-order valence-electron chi connectivity index (χ1n) is 7.79. The summed E-state index contributed by atoms with van der Waals surface area (Å²) in [6.07, 6.45) is -4.74. The van der Waals surface area contributed by atoms with Gasteiger partial charge in [0.05, 0.1) is 16.6 Å². The molecule has 0 unspecified atom stereocenters. The van der Waals surface area contributed by atoms with Crippen LogP contribution >= 0.6 is 0 Å². The van der Waals surface area contributed by atoms with Gasteiger partial charge in [0.15, 0.2) is 0 Å². The second-order valence-corrected chi connectivity index (χ2v) is 6.89. The Hall–Kier alpha value is -2.63. The van der Waals surface area contributed by atoms with Crippen molar-refractivity contribution < 1.29 is 13.2 Å². The van der Waals surface area contributed by atoms with E-state index in [0.717, 1.165) is 5.56 Å². The fraction of sp³-hybridized carbons (Fsp3) is 0.263. The zero-order chi connectivity index (χ0) is 18.4. The molecule has 0 atom stereocenters. The van der Waals surface area contributed by atoms with E-state index >= 15 is 0 Å². The predicted molar refractivity (Wildman–Crippen MR) is 91.0 cm³/mol. The number of halogens is 3. The molecule has 1 heterocycles. The molecule has 0 saturated carbocycles. The van der Waals surface area contributed by atoms with Gasteiger partial charge in [-0.05, 0) is 35.2 Å². The third kappa shape index (κ3) is 3.16. The molecule has 25 heavy (non-hydrogen) atoms. The van der Waals surface area contributed by atoms with Crippen molar-refractivity contribution in [2.75, 3.05) is 0 Å². The van der Waals surface area contributed by atoms with Gasteiger partial charge >= 0.3 is 6.18 Å². The van der Waals surface area contributed by atoms with Crippen molar-refractivity contribution in [3.05, 3.63) is 70.3 Å². The van der Waals surface area contributed by atoms with E-state index in [1.54, 1.807) is 24.3 Å². The van der Waals surface area contributed by atoms with Gasteiger partial charge in [-0.25, -0.2) is 4.98 Å². The Bertz CT molecular complexity index is 981. The maximum atomic E-state index is 13.5. The van der Waals surface area contributed by atoms with Gasteiger partial charge < -0.3 is 0 Å². The van der Waals surface area contributed by atoms with E-state index in [4.69, 9.17) is 0 Å². The molecule has 3 aromatic rings. The fourth-order valence-electron chi connectivity index (χ4n) is 2.67. The van der Waals surface area contributed by atoms with Crippen LogP contribution in [0, 0.1) is 0 Å². The average Bonchev–Trinajstić information content (AvgIpc) is 2.53. The van der Waals surface area contributed by atoms with Crippen LogP contribution in [0.5, 0.6) is 0 Å². The van der Waals surface area contributed by atoms with E-state index < -0.39 is 17.6 Å². The van der Waals surface area contributed by atoms with Gasteiger partial charge in [0, 0.05) is 0 Å². The molecule has 0 aliphatic carbocycles. The molecule has 0 bridgehead atoms. The number of hydrogen-bond donors (Lipinski definition) is 0. The summed E-state index contributed by atoms with van der Waals surface area (Å²) in [5.74, 6) is -1.22. The molecule has 0 saturated heterocycles. The van der Waals surface area contributed by atoms with Crippen LogP contribution in [0.4, 0.5) is 13.2 Å². The molecular weight excluding hydrogens is 329 g/mol. The number of hydrogen-bond acceptors (Lipinski definition) is 2. The standard InChI is InChI=1S/C19H17F3N2O/c1-18(2,3)12-8-10-13(11-9-12)24-16(25)14-6-4-5-7-15(14)23-17(24)19(20,21)22/h4-11H,1-3H3. The number of aromatic nitrogens is 2. The maximum Gasteiger partial charge on any atom is 0.450 e. The van der Waals surface area contributed by atoms with Crippen LogP contribution in [0.2, 0.25) is 0 Å². The van der Waals surface area contributed by atoms with Crippen molar-refractivity contribution in [2.45, 2.75) is 32.4 Å². The number of para-hydroxylation sites is 1. The van der Waals surface area contributed by atoms with Crippen LogP contribution in [0.25, 0.3) is 16.6 Å². The third-order valence-corrected chi connectivity index (χ3v) is 4.02. The molecule has 3 nitrogen and oxygen atoms in total. The summed E-state index contributed by atoms with van der Waals surface area (Å²) < 4.78 is 41.1. The van der Waals surface area contributed by atoms with E-state index in [0.29, 0.717) is 4.57 Å². The van der Waals surface area contributed by atoms with Crippen molar-refractivity contribution in [3.8, 4) is 5.69 Å². The van der Waals surface area contributed by atoms with Crippen LogP contribution in [0.15, 0.2) is 53.3 Å². The van der Waals surface area contributed by atoms with Gasteiger partial charge in [-0.3, -0.25) is 9.36 Å². The summed E-state index contributed by atoms with van der Waals surface area (Å²) >= 11 is 0. The van der Waals surface area contributed by atoms with Crippen molar-refractivity contribution >= 4 is 10.9 Å². The summed E-state index contributed by atoms with van der Waals surface area (Å²) in [5.41, 5.74) is 0.261. The molecule has 1 aromatic heterocycles. The quantitative estimate of drug-likeness (QED) is 0.640. The minimum absolute atomic E-state index is 0.0300. The first-order valence-corrected chi connectivity index (χ1v) is 7.79. The maximum absolute atomic E-state index is 13.5. The van der Waals surface area contributed by atoms with E-state index in [-0.39, 0.29) is 22.0 Å². The van der Waals surface area contributed by atoms with Gasteiger partial charge in [0.25, 0.3) is 5.56 Å². The van der Waals surface area contributed by atoms with Crippen LogP contribution < -0.4 is 5.56 Å². The Morgan fingerprint density at radius 2 is 1.52 bits per heavy atom. The lowest BCUT2D eigenvalue weighted by Crippen LogP contribution is -2.28. The van der Waals surface area contributed by atoms with Gasteiger partial charge in [-0.1, -0.05) is 45.0 Å². The molecule has 130 valence electrons. The molecule has 0 spiro atoms. The monoisotopic (exact) mass is 346 g/mol. The fourth-order valence-corrected chi connectivity index (χ4v) is 2.67. The summed E-state index contributed by atoms with van der Waals surface area (Å²) in [6, 6.07) is 12.5. The second-order valence-electron chi connectivity index (χ2n) is 6.89. The first kappa shape index (κ1) is 17.2. The Kier molecular flexibility index (Phi) is 3.94. The lowest BCUT2D eigenvalue weighted by molar-refractivity contribution is -0.146. The van der Waals surface area contributed by atoms with Crippen LogP contribution in [0.3, 0.4) is 0 Å². The van der Waals surface area contributed by atoms with Gasteiger partial charge in [0.2, 0.25) is 5.82 Å². The molecular formula is C19H17F3N2O. The molecule has 6 heteroatoms. The smallest absolute Gasteiger partial charge is 0.268 e. The van der Waals surface area contributed by atoms with Crippen molar-refractivity contribution in [1.29, 1.82) is 0 Å². The van der Waals surface area contributed by atoms with Crippen LogP contribution in [-0.2, 0) is 11.6 Å². The molecule has 0 fully saturated rings. The van der Waals surface area contributed by atoms with Crippen molar-refractivity contribution in [2.24, 2.45) is 0 Å². The highest BCUT2D eigenvalue weighted by Crippen LogP contribution is 2.30. The van der Waals surface area contributed by atoms with Crippen molar-refractivity contribution in [1.82, 2.24) is 9.55 Å². The van der Waals surface area contributed by atoms with Crippen molar-refractivity contribution in [3.63, 3.8) is 0 Å².